The summed E-state index contributed by atoms with van der Waals surface area (Å²) in [7, 11) is 0. The second kappa shape index (κ2) is 15.9. The number of nitrogens with one attached hydrogen (secondary N) is 2. The molecule has 11 heteroatoms. The number of piperazine rings is 1. The minimum Gasteiger partial charge on any atom is -0.457 e. The number of anilines is 3. The Morgan fingerprint density at radius 1 is 0.740 bits per heavy atom. The van der Waals surface area contributed by atoms with Crippen LogP contribution in [-0.2, 0) is 16.1 Å². The number of carbonyl (C=O) groups excluding carboxylic acids is 1. The van der Waals surface area contributed by atoms with E-state index in [1.165, 1.54) is 0 Å². The Balaban J connectivity index is 0.971. The second-order valence-corrected chi connectivity index (χ2v) is 12.3. The first-order valence-corrected chi connectivity index (χ1v) is 16.8. The quantitative estimate of drug-likeness (QED) is 0.148. The molecule has 0 bridgehead atoms. The van der Waals surface area contributed by atoms with Crippen molar-refractivity contribution in [3.8, 4) is 11.5 Å². The highest BCUT2D eigenvalue weighted by atomic mass is 16.7. The summed E-state index contributed by atoms with van der Waals surface area (Å²) >= 11 is 0. The van der Waals surface area contributed by atoms with Crippen LogP contribution in [0.3, 0.4) is 0 Å². The van der Waals surface area contributed by atoms with E-state index in [1.807, 2.05) is 97.1 Å². The maximum absolute atomic E-state index is 12.8. The van der Waals surface area contributed by atoms with Crippen molar-refractivity contribution in [2.24, 2.45) is 0 Å². The molecule has 2 aliphatic heterocycles. The molecular formula is C39H40N6O5. The zero-order valence-electron chi connectivity index (χ0n) is 27.6. The molecule has 3 heterocycles. The Hall–Kier alpha value is -5.33. The summed E-state index contributed by atoms with van der Waals surface area (Å²) in [5.41, 5.74) is 4.04. The lowest BCUT2D eigenvalue weighted by atomic mass is 9.99. The third-order valence-electron chi connectivity index (χ3n) is 8.82. The van der Waals surface area contributed by atoms with Gasteiger partial charge in [0.05, 0.1) is 18.8 Å². The normalized spacial score (nSPS) is 19.5. The van der Waals surface area contributed by atoms with E-state index in [1.54, 1.807) is 24.5 Å². The van der Waals surface area contributed by atoms with Crippen LogP contribution >= 0.6 is 0 Å². The van der Waals surface area contributed by atoms with Crippen molar-refractivity contribution in [3.63, 3.8) is 0 Å². The molecule has 2 amide bonds. The zero-order chi connectivity index (χ0) is 34.1. The average molecular weight is 673 g/mol. The standard InChI is InChI=1S/C39H40N6O5/c46-27-28-7-9-29(10-8-28)36-25-35(26-44-21-23-45(24-22-44)38-40-19-4-20-41-38)49-37(50-36)30-11-13-31(14-12-30)42-39(47)43-32-15-17-34(18-16-32)48-33-5-2-1-3-6-33/h1-20,35-37,46H,21-27H2,(H2,42,43,47)/t35-,36+,37+/m0/s1. The topological polar surface area (TPSA) is 121 Å². The summed E-state index contributed by atoms with van der Waals surface area (Å²) in [5, 5.41) is 15.3. The van der Waals surface area contributed by atoms with Crippen LogP contribution in [0.25, 0.3) is 0 Å². The molecule has 0 unspecified atom stereocenters. The van der Waals surface area contributed by atoms with E-state index in [0.29, 0.717) is 23.5 Å². The first-order valence-electron chi connectivity index (χ1n) is 16.8. The summed E-state index contributed by atoms with van der Waals surface area (Å²) in [6.45, 7) is 4.22. The number of urea groups is 1. The van der Waals surface area contributed by atoms with Gasteiger partial charge >= 0.3 is 6.03 Å². The van der Waals surface area contributed by atoms with E-state index in [0.717, 1.165) is 61.1 Å². The summed E-state index contributed by atoms with van der Waals surface area (Å²) in [5.74, 6) is 2.19. The van der Waals surface area contributed by atoms with E-state index >= 15 is 0 Å². The number of amides is 2. The minimum absolute atomic E-state index is 0.00539. The lowest BCUT2D eigenvalue weighted by Crippen LogP contribution is -2.50. The Kier molecular flexibility index (Phi) is 10.6. The van der Waals surface area contributed by atoms with E-state index in [-0.39, 0.29) is 24.8 Å². The molecule has 2 fully saturated rings. The number of ether oxygens (including phenoxy) is 3. The van der Waals surface area contributed by atoms with Crippen LogP contribution in [0.4, 0.5) is 22.1 Å². The van der Waals surface area contributed by atoms with Crippen molar-refractivity contribution in [2.45, 2.75) is 31.5 Å². The molecule has 0 aliphatic carbocycles. The van der Waals surface area contributed by atoms with Gasteiger partial charge in [0.15, 0.2) is 6.29 Å². The molecule has 0 saturated carbocycles. The molecule has 5 aromatic rings. The molecule has 4 aromatic carbocycles. The Labute approximate surface area is 291 Å². The van der Waals surface area contributed by atoms with Gasteiger partial charge in [-0.15, -0.1) is 0 Å². The van der Waals surface area contributed by atoms with E-state index < -0.39 is 6.29 Å². The zero-order valence-corrected chi connectivity index (χ0v) is 27.6. The molecule has 7 rings (SSSR count). The number of para-hydroxylation sites is 1. The van der Waals surface area contributed by atoms with Gasteiger partial charge in [-0.05, 0) is 65.7 Å². The van der Waals surface area contributed by atoms with Crippen LogP contribution in [0, 0.1) is 0 Å². The van der Waals surface area contributed by atoms with Crippen molar-refractivity contribution in [1.82, 2.24) is 14.9 Å². The van der Waals surface area contributed by atoms with Gasteiger partial charge in [0.1, 0.15) is 11.5 Å². The predicted molar refractivity (Wildman–Crippen MR) is 191 cm³/mol. The molecule has 3 atom stereocenters. The largest absolute Gasteiger partial charge is 0.457 e. The number of hydrogen-bond acceptors (Lipinski definition) is 9. The van der Waals surface area contributed by atoms with Gasteiger partial charge in [0, 0.05) is 68.5 Å². The van der Waals surface area contributed by atoms with Crippen LogP contribution in [-0.4, -0.2) is 64.8 Å². The molecule has 11 nitrogen and oxygen atoms in total. The molecular weight excluding hydrogens is 632 g/mol. The van der Waals surface area contributed by atoms with Crippen molar-refractivity contribution < 1.29 is 24.1 Å². The molecule has 1 aromatic heterocycles. The lowest BCUT2D eigenvalue weighted by molar-refractivity contribution is -0.253. The number of aliphatic hydroxyl groups excluding tert-OH is 1. The monoisotopic (exact) mass is 672 g/mol. The van der Waals surface area contributed by atoms with Gasteiger partial charge in [0.25, 0.3) is 0 Å². The lowest BCUT2D eigenvalue weighted by Gasteiger charge is -2.40. The summed E-state index contributed by atoms with van der Waals surface area (Å²) < 4.78 is 18.9. The van der Waals surface area contributed by atoms with Gasteiger partial charge in [-0.2, -0.15) is 0 Å². The van der Waals surface area contributed by atoms with Crippen molar-refractivity contribution >= 4 is 23.4 Å². The van der Waals surface area contributed by atoms with Gasteiger partial charge in [-0.3, -0.25) is 4.90 Å². The molecule has 0 radical (unpaired) electrons. The molecule has 50 heavy (non-hydrogen) atoms. The number of aliphatic hydroxyl groups is 1. The van der Waals surface area contributed by atoms with Gasteiger partial charge in [-0.1, -0.05) is 54.6 Å². The van der Waals surface area contributed by atoms with Crippen molar-refractivity contribution in [2.75, 3.05) is 48.3 Å². The minimum atomic E-state index is -0.588. The smallest absolute Gasteiger partial charge is 0.323 e. The van der Waals surface area contributed by atoms with E-state index in [4.69, 9.17) is 14.2 Å². The Bertz CT molecular complexity index is 1800. The highest BCUT2D eigenvalue weighted by Crippen LogP contribution is 2.38. The number of rotatable bonds is 10. The van der Waals surface area contributed by atoms with Gasteiger partial charge in [0.2, 0.25) is 5.95 Å². The maximum atomic E-state index is 12.8. The fourth-order valence-corrected chi connectivity index (χ4v) is 6.15. The average Bonchev–Trinajstić information content (AvgIpc) is 3.17. The van der Waals surface area contributed by atoms with E-state index in [9.17, 15) is 9.90 Å². The first-order chi connectivity index (χ1) is 24.6. The number of hydrogen-bond donors (Lipinski definition) is 3. The van der Waals surface area contributed by atoms with Crippen molar-refractivity contribution in [1.29, 1.82) is 0 Å². The third kappa shape index (κ3) is 8.63. The second-order valence-electron chi connectivity index (χ2n) is 12.3. The maximum Gasteiger partial charge on any atom is 0.323 e. The van der Waals surface area contributed by atoms with Crippen LogP contribution < -0.4 is 20.3 Å². The van der Waals surface area contributed by atoms with Gasteiger partial charge < -0.3 is 34.9 Å². The van der Waals surface area contributed by atoms with Crippen LogP contribution in [0.1, 0.15) is 35.5 Å². The van der Waals surface area contributed by atoms with Crippen LogP contribution in [0.5, 0.6) is 11.5 Å². The first kappa shape index (κ1) is 33.2. The SMILES string of the molecule is O=C(Nc1ccc(Oc2ccccc2)cc1)Nc1ccc([C@@H]2O[C@H](CN3CCN(c4ncccn4)CC3)C[C@H](c3ccc(CO)cc3)O2)cc1. The highest BCUT2D eigenvalue weighted by molar-refractivity contribution is 5.99. The third-order valence-corrected chi connectivity index (χ3v) is 8.82. The molecule has 256 valence electrons. The van der Waals surface area contributed by atoms with E-state index in [2.05, 4.69) is 30.4 Å². The summed E-state index contributed by atoms with van der Waals surface area (Å²) in [4.78, 5) is 26.2. The van der Waals surface area contributed by atoms with Crippen molar-refractivity contribution in [3.05, 3.63) is 138 Å². The fraction of sp³-hybridized carbons (Fsp3) is 0.256. The summed E-state index contributed by atoms with van der Waals surface area (Å²) in [6, 6.07) is 33.6. The number of nitrogens with zero attached hydrogens (tertiary/aromatic N) is 4. The molecule has 0 spiro atoms. The molecule has 2 aliphatic rings. The Morgan fingerprint density at radius 2 is 1.36 bits per heavy atom. The number of benzene rings is 4. The van der Waals surface area contributed by atoms with Crippen LogP contribution in [0.2, 0.25) is 0 Å². The predicted octanol–water partition coefficient (Wildman–Crippen LogP) is 6.77. The number of aromatic nitrogens is 2. The summed E-state index contributed by atoms with van der Waals surface area (Å²) in [6.07, 6.45) is 3.42. The molecule has 2 saturated heterocycles. The highest BCUT2D eigenvalue weighted by Gasteiger charge is 2.34. The molecule has 3 N–H and O–H groups in total. The van der Waals surface area contributed by atoms with Crippen LogP contribution in [0.15, 0.2) is 122 Å². The number of carbonyl (C=O) groups is 1. The Morgan fingerprint density at radius 3 is 2.02 bits per heavy atom. The van der Waals surface area contributed by atoms with Gasteiger partial charge in [-0.25, -0.2) is 14.8 Å². The fourth-order valence-electron chi connectivity index (χ4n) is 6.15.